The molecule has 1 aromatic heterocycles. The highest BCUT2D eigenvalue weighted by atomic mass is 16.5. The van der Waals surface area contributed by atoms with E-state index < -0.39 is 17.4 Å². The largest absolute Gasteiger partial charge is 0.493 e. The molecule has 7 nitrogen and oxygen atoms in total. The lowest BCUT2D eigenvalue weighted by atomic mass is 9.81. The molecule has 1 aliphatic carbocycles. The van der Waals surface area contributed by atoms with Crippen LogP contribution in [0.15, 0.2) is 54.6 Å². The summed E-state index contributed by atoms with van der Waals surface area (Å²) in [6.07, 6.45) is 5.13. The minimum atomic E-state index is -1.25. The Kier molecular flexibility index (Phi) is 9.58. The summed E-state index contributed by atoms with van der Waals surface area (Å²) in [5.74, 6) is -0.631. The fourth-order valence-electron chi connectivity index (χ4n) is 5.42. The van der Waals surface area contributed by atoms with Gasteiger partial charge in [-0.2, -0.15) is 0 Å². The third-order valence-electron chi connectivity index (χ3n) is 7.76. The summed E-state index contributed by atoms with van der Waals surface area (Å²) in [6.45, 7) is 5.70. The monoisotopic (exact) mass is 543 g/mol. The molecule has 2 N–H and O–H groups in total. The van der Waals surface area contributed by atoms with Gasteiger partial charge in [0.15, 0.2) is 0 Å². The van der Waals surface area contributed by atoms with E-state index in [1.54, 1.807) is 6.07 Å². The molecular formula is C33H41N3O4. The summed E-state index contributed by atoms with van der Waals surface area (Å²) < 4.78 is 6.23. The van der Waals surface area contributed by atoms with Gasteiger partial charge in [-0.3, -0.25) is 4.79 Å². The normalized spacial score (nSPS) is 14.6. The summed E-state index contributed by atoms with van der Waals surface area (Å²) in [5, 5.41) is 12.8. The van der Waals surface area contributed by atoms with Crippen LogP contribution < -0.4 is 10.1 Å². The van der Waals surface area contributed by atoms with Gasteiger partial charge in [-0.1, -0.05) is 62.6 Å². The average Bonchev–Trinajstić information content (AvgIpc) is 2.95. The van der Waals surface area contributed by atoms with E-state index in [2.05, 4.69) is 42.3 Å². The first kappa shape index (κ1) is 29.3. The van der Waals surface area contributed by atoms with Crippen LogP contribution in [0.1, 0.15) is 67.1 Å². The number of rotatable bonds is 11. The van der Waals surface area contributed by atoms with Crippen molar-refractivity contribution in [1.29, 1.82) is 0 Å². The Bertz CT molecular complexity index is 1350. The Hall–Kier alpha value is -3.71. The quantitative estimate of drug-likeness (QED) is 0.283. The summed E-state index contributed by atoms with van der Waals surface area (Å²) in [5.41, 5.74) is 4.60. The molecule has 3 aromatic rings. The van der Waals surface area contributed by atoms with Crippen molar-refractivity contribution in [1.82, 2.24) is 15.2 Å². The molecular weight excluding hydrogens is 502 g/mol. The third kappa shape index (κ3) is 6.70. The SMILES string of the molecule is CCc1ccc(-c2nc(C(=O)NC3(C(=O)O)CCCCC3)ccc2-c2ccccc2C)cc1OCCCN(C)C. The minimum absolute atomic E-state index is 0.201. The second-order valence-corrected chi connectivity index (χ2v) is 11.0. The zero-order chi connectivity index (χ0) is 28.7. The predicted molar refractivity (Wildman–Crippen MR) is 159 cm³/mol. The molecule has 212 valence electrons. The van der Waals surface area contributed by atoms with Gasteiger partial charge in [-0.25, -0.2) is 9.78 Å². The first-order valence-electron chi connectivity index (χ1n) is 14.3. The van der Waals surface area contributed by atoms with E-state index >= 15 is 0 Å². The summed E-state index contributed by atoms with van der Waals surface area (Å²) >= 11 is 0. The van der Waals surface area contributed by atoms with Crippen LogP contribution in [-0.2, 0) is 11.2 Å². The van der Waals surface area contributed by atoms with Crippen molar-refractivity contribution < 1.29 is 19.4 Å². The Morgan fingerprint density at radius 2 is 1.77 bits per heavy atom. The number of pyridine rings is 1. The van der Waals surface area contributed by atoms with Crippen molar-refractivity contribution in [3.8, 4) is 28.1 Å². The van der Waals surface area contributed by atoms with E-state index in [1.807, 2.05) is 44.4 Å². The molecule has 0 atom stereocenters. The summed E-state index contributed by atoms with van der Waals surface area (Å²) in [6, 6.07) is 17.8. The number of amides is 1. The molecule has 0 spiro atoms. The number of nitrogens with zero attached hydrogens (tertiary/aromatic N) is 2. The Morgan fingerprint density at radius 1 is 1.02 bits per heavy atom. The van der Waals surface area contributed by atoms with Crippen molar-refractivity contribution in [3.63, 3.8) is 0 Å². The van der Waals surface area contributed by atoms with Crippen molar-refractivity contribution in [3.05, 3.63) is 71.4 Å². The fourth-order valence-corrected chi connectivity index (χ4v) is 5.42. The Balaban J connectivity index is 1.75. The molecule has 7 heteroatoms. The molecule has 0 saturated heterocycles. The lowest BCUT2D eigenvalue weighted by Crippen LogP contribution is -2.55. The standard InChI is InChI=1S/C33H41N3O4/c1-5-24-14-15-25(22-29(24)40-21-11-20-36(3)4)30-27(26-13-8-7-12-23(26)2)16-17-28(34-30)31(37)35-33(32(38)39)18-9-6-10-19-33/h7-8,12-17,22H,5-6,9-11,18-21H2,1-4H3,(H,35,37)(H,38,39). The zero-order valence-corrected chi connectivity index (χ0v) is 24.1. The first-order valence-corrected chi connectivity index (χ1v) is 14.3. The summed E-state index contributed by atoms with van der Waals surface area (Å²) in [4.78, 5) is 32.7. The highest BCUT2D eigenvalue weighted by molar-refractivity contribution is 5.98. The molecule has 1 aliphatic rings. The molecule has 1 fully saturated rings. The smallest absolute Gasteiger partial charge is 0.329 e. The number of carbonyl (C=O) groups is 2. The number of nitrogens with one attached hydrogen (secondary N) is 1. The van der Waals surface area contributed by atoms with Gasteiger partial charge in [-0.15, -0.1) is 0 Å². The molecule has 40 heavy (non-hydrogen) atoms. The van der Waals surface area contributed by atoms with Crippen LogP contribution in [0.4, 0.5) is 0 Å². The van der Waals surface area contributed by atoms with Gasteiger partial charge in [0.2, 0.25) is 0 Å². The maximum absolute atomic E-state index is 13.5. The third-order valence-corrected chi connectivity index (χ3v) is 7.76. The van der Waals surface area contributed by atoms with E-state index in [9.17, 15) is 14.7 Å². The number of carboxylic acids is 1. The fraction of sp³-hybridized carbons (Fsp3) is 0.424. The molecule has 2 aromatic carbocycles. The number of benzene rings is 2. The van der Waals surface area contributed by atoms with E-state index in [-0.39, 0.29) is 5.69 Å². The van der Waals surface area contributed by atoms with Crippen LogP contribution >= 0.6 is 0 Å². The van der Waals surface area contributed by atoms with Crippen LogP contribution in [0.2, 0.25) is 0 Å². The topological polar surface area (TPSA) is 91.8 Å². The molecule has 1 amide bonds. The number of aliphatic carboxylic acids is 1. The van der Waals surface area contributed by atoms with Gasteiger partial charge in [0.1, 0.15) is 17.0 Å². The number of aryl methyl sites for hydroxylation is 2. The molecule has 0 radical (unpaired) electrons. The van der Waals surface area contributed by atoms with E-state index in [4.69, 9.17) is 9.72 Å². The number of aromatic nitrogens is 1. The second-order valence-electron chi connectivity index (χ2n) is 11.0. The maximum Gasteiger partial charge on any atom is 0.329 e. The molecule has 0 aliphatic heterocycles. The first-order chi connectivity index (χ1) is 19.2. The Morgan fingerprint density at radius 3 is 2.45 bits per heavy atom. The second kappa shape index (κ2) is 13.1. The minimum Gasteiger partial charge on any atom is -0.493 e. The lowest BCUT2D eigenvalue weighted by molar-refractivity contribution is -0.145. The van der Waals surface area contributed by atoms with E-state index in [1.165, 1.54) is 0 Å². The van der Waals surface area contributed by atoms with Gasteiger partial charge in [0, 0.05) is 17.7 Å². The predicted octanol–water partition coefficient (Wildman–Crippen LogP) is 6.13. The Labute approximate surface area is 237 Å². The van der Waals surface area contributed by atoms with Crippen molar-refractivity contribution in [2.45, 2.75) is 64.3 Å². The lowest BCUT2D eigenvalue weighted by Gasteiger charge is -2.33. The van der Waals surface area contributed by atoms with Crippen LogP contribution in [0.25, 0.3) is 22.4 Å². The molecule has 0 unspecified atom stereocenters. The highest BCUT2D eigenvalue weighted by Crippen LogP contribution is 2.36. The molecule has 0 bridgehead atoms. The van der Waals surface area contributed by atoms with Crippen LogP contribution in [0, 0.1) is 6.92 Å². The zero-order valence-electron chi connectivity index (χ0n) is 24.1. The van der Waals surface area contributed by atoms with Crippen LogP contribution in [0.3, 0.4) is 0 Å². The van der Waals surface area contributed by atoms with Crippen molar-refractivity contribution >= 4 is 11.9 Å². The van der Waals surface area contributed by atoms with Gasteiger partial charge in [0.05, 0.1) is 12.3 Å². The van der Waals surface area contributed by atoms with Gasteiger partial charge in [0.25, 0.3) is 5.91 Å². The molecule has 1 heterocycles. The number of ether oxygens (including phenoxy) is 1. The number of carbonyl (C=O) groups excluding carboxylic acids is 1. The van der Waals surface area contributed by atoms with Crippen molar-refractivity contribution in [2.75, 3.05) is 27.2 Å². The number of hydrogen-bond acceptors (Lipinski definition) is 5. The van der Waals surface area contributed by atoms with Gasteiger partial charge < -0.3 is 20.1 Å². The molecule has 1 saturated carbocycles. The molecule has 4 rings (SSSR count). The maximum atomic E-state index is 13.5. The number of carboxylic acid groups (broad SMARTS) is 1. The van der Waals surface area contributed by atoms with E-state index in [0.29, 0.717) is 25.1 Å². The van der Waals surface area contributed by atoms with Crippen LogP contribution in [-0.4, -0.2) is 59.7 Å². The van der Waals surface area contributed by atoms with Crippen molar-refractivity contribution in [2.24, 2.45) is 0 Å². The van der Waals surface area contributed by atoms with Crippen LogP contribution in [0.5, 0.6) is 5.75 Å². The number of hydrogen-bond donors (Lipinski definition) is 2. The highest BCUT2D eigenvalue weighted by Gasteiger charge is 2.41. The van der Waals surface area contributed by atoms with E-state index in [0.717, 1.165) is 72.2 Å². The average molecular weight is 544 g/mol. The van der Waals surface area contributed by atoms with Gasteiger partial charge in [-0.05, 0) is 81.6 Å². The summed E-state index contributed by atoms with van der Waals surface area (Å²) in [7, 11) is 4.10. The van der Waals surface area contributed by atoms with Gasteiger partial charge >= 0.3 is 5.97 Å².